The number of carbonyl (C=O) groups excluding carboxylic acids is 1. The highest BCUT2D eigenvalue weighted by Crippen LogP contribution is 2.25. The first-order valence-corrected chi connectivity index (χ1v) is 12.3. The molecule has 0 radical (unpaired) electrons. The molecule has 0 spiro atoms. The molecule has 5 rings (SSSR count). The monoisotopic (exact) mass is 457 g/mol. The Labute approximate surface area is 197 Å². The van der Waals surface area contributed by atoms with Gasteiger partial charge < -0.3 is 10.4 Å². The standard InChI is InChI=1S/C27H27N3O2S/c1-17-28-25(16-33-17)19-12-10-18(11-13-19)14-20-15-24(29-22-7-3-2-6-21(20)22)27(32)30-23-8-4-5-9-26(23)31/h2-3,6-7,10-13,15-16,23,26,31H,4-5,8-9,14H2,1H3,(H,30,32). The van der Waals surface area contributed by atoms with Crippen molar-refractivity contribution in [3.8, 4) is 11.3 Å². The van der Waals surface area contributed by atoms with E-state index in [4.69, 9.17) is 0 Å². The molecular weight excluding hydrogens is 430 g/mol. The number of nitrogens with one attached hydrogen (secondary N) is 1. The number of hydrogen-bond acceptors (Lipinski definition) is 5. The molecule has 2 aromatic heterocycles. The summed E-state index contributed by atoms with van der Waals surface area (Å²) < 4.78 is 0. The van der Waals surface area contributed by atoms with Gasteiger partial charge in [0.25, 0.3) is 5.91 Å². The topological polar surface area (TPSA) is 75.1 Å². The van der Waals surface area contributed by atoms with E-state index in [1.807, 2.05) is 31.2 Å². The van der Waals surface area contributed by atoms with Crippen molar-refractivity contribution in [1.82, 2.24) is 15.3 Å². The Bertz CT molecular complexity index is 1280. The third-order valence-corrected chi connectivity index (χ3v) is 7.12. The summed E-state index contributed by atoms with van der Waals surface area (Å²) in [4.78, 5) is 22.2. The first-order chi connectivity index (χ1) is 16.1. The summed E-state index contributed by atoms with van der Waals surface area (Å²) in [5.41, 5.74) is 5.54. The lowest BCUT2D eigenvalue weighted by Gasteiger charge is -2.28. The number of pyridine rings is 1. The predicted molar refractivity (Wildman–Crippen MR) is 133 cm³/mol. The van der Waals surface area contributed by atoms with E-state index in [-0.39, 0.29) is 11.9 Å². The van der Waals surface area contributed by atoms with E-state index in [1.165, 1.54) is 0 Å². The van der Waals surface area contributed by atoms with Gasteiger partial charge in [-0.3, -0.25) is 4.79 Å². The van der Waals surface area contributed by atoms with Gasteiger partial charge in [-0.1, -0.05) is 55.3 Å². The predicted octanol–water partition coefficient (Wildman–Crippen LogP) is 5.29. The maximum atomic E-state index is 13.0. The van der Waals surface area contributed by atoms with E-state index in [2.05, 4.69) is 51.0 Å². The minimum absolute atomic E-state index is 0.204. The molecular formula is C27H27N3O2S. The Kier molecular flexibility index (Phi) is 6.20. The minimum Gasteiger partial charge on any atom is -0.391 e. The summed E-state index contributed by atoms with van der Waals surface area (Å²) >= 11 is 1.65. The minimum atomic E-state index is -0.484. The quantitative estimate of drug-likeness (QED) is 0.427. The molecule has 4 aromatic rings. The van der Waals surface area contributed by atoms with Crippen LogP contribution in [0.3, 0.4) is 0 Å². The van der Waals surface area contributed by atoms with E-state index in [1.54, 1.807) is 11.3 Å². The lowest BCUT2D eigenvalue weighted by molar-refractivity contribution is 0.0714. The van der Waals surface area contributed by atoms with Gasteiger partial charge in [0.1, 0.15) is 5.69 Å². The number of amides is 1. The van der Waals surface area contributed by atoms with E-state index in [0.29, 0.717) is 12.1 Å². The zero-order chi connectivity index (χ0) is 22.8. The summed E-state index contributed by atoms with van der Waals surface area (Å²) in [6.07, 6.45) is 3.78. The van der Waals surface area contributed by atoms with Crippen LogP contribution < -0.4 is 5.32 Å². The SMILES string of the molecule is Cc1nc(-c2ccc(Cc3cc(C(=O)NC4CCCCC4O)nc4ccccc34)cc2)cs1. The van der Waals surface area contributed by atoms with Crippen LogP contribution in [-0.4, -0.2) is 33.1 Å². The van der Waals surface area contributed by atoms with Crippen LogP contribution in [0.1, 0.15) is 52.3 Å². The van der Waals surface area contributed by atoms with Crippen LogP contribution in [0.5, 0.6) is 0 Å². The van der Waals surface area contributed by atoms with Crippen molar-refractivity contribution in [2.75, 3.05) is 0 Å². The van der Waals surface area contributed by atoms with E-state index in [0.717, 1.165) is 64.0 Å². The van der Waals surface area contributed by atoms with Crippen LogP contribution in [0.4, 0.5) is 0 Å². The van der Waals surface area contributed by atoms with Gasteiger partial charge in [0.2, 0.25) is 0 Å². The third kappa shape index (κ3) is 4.82. The number of aromatic nitrogens is 2. The van der Waals surface area contributed by atoms with Gasteiger partial charge in [-0.25, -0.2) is 9.97 Å². The maximum Gasteiger partial charge on any atom is 0.270 e. The molecule has 2 aromatic carbocycles. The summed E-state index contributed by atoms with van der Waals surface area (Å²) in [5, 5.41) is 17.4. The highest BCUT2D eigenvalue weighted by atomic mass is 32.1. The van der Waals surface area contributed by atoms with Crippen LogP contribution >= 0.6 is 11.3 Å². The molecule has 1 amide bonds. The third-order valence-electron chi connectivity index (χ3n) is 6.34. The molecule has 1 fully saturated rings. The second kappa shape index (κ2) is 9.41. The number of fused-ring (bicyclic) bond motifs is 1. The zero-order valence-electron chi connectivity index (χ0n) is 18.6. The maximum absolute atomic E-state index is 13.0. The van der Waals surface area contributed by atoms with Crippen LogP contribution in [0.2, 0.25) is 0 Å². The summed E-state index contributed by atoms with van der Waals surface area (Å²) in [6.45, 7) is 2.01. The molecule has 1 aliphatic rings. The fourth-order valence-electron chi connectivity index (χ4n) is 4.54. The highest BCUT2D eigenvalue weighted by Gasteiger charge is 2.25. The van der Waals surface area contributed by atoms with Crippen LogP contribution in [-0.2, 0) is 6.42 Å². The van der Waals surface area contributed by atoms with Crippen molar-refractivity contribution >= 4 is 28.1 Å². The number of benzene rings is 2. The van der Waals surface area contributed by atoms with Gasteiger partial charge in [0.15, 0.2) is 0 Å². The Morgan fingerprint density at radius 1 is 1.09 bits per heavy atom. The molecule has 5 nitrogen and oxygen atoms in total. The highest BCUT2D eigenvalue weighted by molar-refractivity contribution is 7.09. The zero-order valence-corrected chi connectivity index (χ0v) is 19.4. The van der Waals surface area contributed by atoms with Crippen molar-refractivity contribution in [1.29, 1.82) is 0 Å². The van der Waals surface area contributed by atoms with Gasteiger partial charge in [-0.05, 0) is 49.4 Å². The number of nitrogens with zero attached hydrogens (tertiary/aromatic N) is 2. The lowest BCUT2D eigenvalue weighted by Crippen LogP contribution is -2.45. The van der Waals surface area contributed by atoms with Crippen LogP contribution in [0.25, 0.3) is 22.2 Å². The average molecular weight is 458 g/mol. The molecule has 2 unspecified atom stereocenters. The van der Waals surface area contributed by atoms with Crippen molar-refractivity contribution in [2.24, 2.45) is 0 Å². The fraction of sp³-hybridized carbons (Fsp3) is 0.296. The molecule has 1 aliphatic carbocycles. The largest absolute Gasteiger partial charge is 0.391 e. The molecule has 2 atom stereocenters. The first kappa shape index (κ1) is 21.7. The smallest absolute Gasteiger partial charge is 0.270 e. The van der Waals surface area contributed by atoms with Gasteiger partial charge in [0.05, 0.1) is 28.4 Å². The molecule has 2 heterocycles. The Hall–Kier alpha value is -3.09. The van der Waals surface area contributed by atoms with Crippen molar-refractivity contribution in [3.05, 3.63) is 81.8 Å². The number of aryl methyl sites for hydroxylation is 1. The summed E-state index contributed by atoms with van der Waals surface area (Å²) in [6, 6.07) is 18.1. The first-order valence-electron chi connectivity index (χ1n) is 11.5. The van der Waals surface area contributed by atoms with Crippen molar-refractivity contribution in [3.63, 3.8) is 0 Å². The van der Waals surface area contributed by atoms with Gasteiger partial charge in [-0.15, -0.1) is 11.3 Å². The van der Waals surface area contributed by atoms with Crippen LogP contribution in [0, 0.1) is 6.92 Å². The normalized spacial score (nSPS) is 18.4. The number of para-hydroxylation sites is 1. The number of aliphatic hydroxyl groups is 1. The Morgan fingerprint density at radius 2 is 1.88 bits per heavy atom. The van der Waals surface area contributed by atoms with Crippen molar-refractivity contribution in [2.45, 2.75) is 51.2 Å². The number of thiazole rings is 1. The second-order valence-corrected chi connectivity index (χ2v) is 9.80. The van der Waals surface area contributed by atoms with Gasteiger partial charge in [0, 0.05) is 16.3 Å². The van der Waals surface area contributed by atoms with Gasteiger partial charge >= 0.3 is 0 Å². The molecule has 0 saturated heterocycles. The average Bonchev–Trinajstić information content (AvgIpc) is 3.27. The van der Waals surface area contributed by atoms with Gasteiger partial charge in [-0.2, -0.15) is 0 Å². The molecule has 1 saturated carbocycles. The summed E-state index contributed by atoms with van der Waals surface area (Å²) in [5.74, 6) is -0.220. The Balaban J connectivity index is 1.42. The van der Waals surface area contributed by atoms with E-state index in [9.17, 15) is 9.90 Å². The molecule has 2 N–H and O–H groups in total. The number of aliphatic hydroxyl groups excluding tert-OH is 1. The molecule has 0 aliphatic heterocycles. The lowest BCUT2D eigenvalue weighted by atomic mass is 9.92. The number of rotatable bonds is 5. The second-order valence-electron chi connectivity index (χ2n) is 8.74. The molecule has 6 heteroatoms. The Morgan fingerprint density at radius 3 is 2.64 bits per heavy atom. The molecule has 33 heavy (non-hydrogen) atoms. The van der Waals surface area contributed by atoms with E-state index < -0.39 is 6.10 Å². The molecule has 168 valence electrons. The number of hydrogen-bond donors (Lipinski definition) is 2. The summed E-state index contributed by atoms with van der Waals surface area (Å²) in [7, 11) is 0. The van der Waals surface area contributed by atoms with Crippen molar-refractivity contribution < 1.29 is 9.90 Å². The fourth-order valence-corrected chi connectivity index (χ4v) is 5.16. The number of carbonyl (C=O) groups is 1. The molecule has 0 bridgehead atoms. The van der Waals surface area contributed by atoms with Crippen LogP contribution in [0.15, 0.2) is 60.0 Å². The van der Waals surface area contributed by atoms with E-state index >= 15 is 0 Å².